The van der Waals surface area contributed by atoms with Crippen molar-refractivity contribution in [3.63, 3.8) is 0 Å². The van der Waals surface area contributed by atoms with E-state index >= 15 is 0 Å². The molecule has 1 heterocycles. The van der Waals surface area contributed by atoms with E-state index in [0.29, 0.717) is 9.87 Å². The number of rotatable bonds is 7. The molecule has 0 aromatic heterocycles. The molecule has 8 nitrogen and oxygen atoms in total. The second kappa shape index (κ2) is 9.61. The Morgan fingerprint density at radius 1 is 1.15 bits per heavy atom. The molecule has 0 bridgehead atoms. The second-order valence-electron chi connectivity index (χ2n) is 7.93. The Kier molecular flexibility index (Phi) is 7.20. The zero-order valence-electron chi connectivity index (χ0n) is 18.7. The molecule has 0 spiro atoms. The lowest BCUT2D eigenvalue weighted by molar-refractivity contribution is -0.106. The maximum atomic E-state index is 13.1. The predicted octanol–water partition coefficient (Wildman–Crippen LogP) is 4.42. The summed E-state index contributed by atoms with van der Waals surface area (Å²) in [7, 11) is -2.17. The molecule has 0 aliphatic carbocycles. The highest BCUT2D eigenvalue weighted by atomic mass is 32.2. The van der Waals surface area contributed by atoms with Gasteiger partial charge in [-0.25, -0.2) is 13.2 Å². The van der Waals surface area contributed by atoms with Crippen molar-refractivity contribution in [2.24, 2.45) is 0 Å². The summed E-state index contributed by atoms with van der Waals surface area (Å²) >= 11 is 0. The van der Waals surface area contributed by atoms with E-state index in [2.05, 4.69) is 0 Å². The molecule has 1 aliphatic rings. The number of hydrogen-bond acceptors (Lipinski definition) is 5. The maximum absolute atomic E-state index is 13.1. The molecular weight excluding hydrogens is 477 g/mol. The molecule has 0 saturated carbocycles. The molecule has 1 aliphatic heterocycles. The van der Waals surface area contributed by atoms with Gasteiger partial charge in [-0.1, -0.05) is 30.3 Å². The highest BCUT2D eigenvalue weighted by Crippen LogP contribution is 2.47. The third-order valence-electron chi connectivity index (χ3n) is 5.56. The van der Waals surface area contributed by atoms with E-state index in [-0.39, 0.29) is 35.7 Å². The molecular formula is C22H25F3N2O6S. The van der Waals surface area contributed by atoms with Gasteiger partial charge >= 0.3 is 12.3 Å². The number of anilines is 1. The molecule has 2 atom stereocenters. The van der Waals surface area contributed by atoms with E-state index in [1.165, 1.54) is 33.3 Å². The van der Waals surface area contributed by atoms with Gasteiger partial charge in [-0.15, -0.1) is 0 Å². The third kappa shape index (κ3) is 5.32. The van der Waals surface area contributed by atoms with Crippen LogP contribution in [0.15, 0.2) is 42.5 Å². The smallest absolute Gasteiger partial charge is 0.408 e. The number of ether oxygens (including phenoxy) is 2. The van der Waals surface area contributed by atoms with Gasteiger partial charge in [-0.05, 0) is 25.0 Å². The minimum absolute atomic E-state index is 0.00333. The molecule has 12 heteroatoms. The van der Waals surface area contributed by atoms with Crippen molar-refractivity contribution < 1.29 is 41.0 Å². The van der Waals surface area contributed by atoms with Crippen LogP contribution in [0.5, 0.6) is 11.5 Å². The summed E-state index contributed by atoms with van der Waals surface area (Å²) < 4.78 is 76.2. The number of carboxylic acid groups (broad SMARTS) is 1. The number of nitrogens with zero attached hydrogens (tertiary/aromatic N) is 2. The Morgan fingerprint density at radius 3 is 2.26 bits per heavy atom. The van der Waals surface area contributed by atoms with Gasteiger partial charge in [0.05, 0.1) is 25.9 Å². The quantitative estimate of drug-likeness (QED) is 0.602. The minimum atomic E-state index is -4.95. The van der Waals surface area contributed by atoms with E-state index in [0.717, 1.165) is 4.90 Å². The first-order chi connectivity index (χ1) is 15.9. The normalized spacial score (nSPS) is 18.2. The number of sulfonamides is 1. The zero-order chi connectivity index (χ0) is 25.3. The van der Waals surface area contributed by atoms with Gasteiger partial charge in [-0.2, -0.15) is 13.2 Å². The summed E-state index contributed by atoms with van der Waals surface area (Å²) in [6.45, 7) is 1.44. The Bertz CT molecular complexity index is 1140. The largest absolute Gasteiger partial charge is 0.493 e. The molecule has 2 unspecified atom stereocenters. The Balaban J connectivity index is 2.18. The van der Waals surface area contributed by atoms with Gasteiger partial charge in [-0.3, -0.25) is 9.21 Å². The van der Waals surface area contributed by atoms with Crippen molar-refractivity contribution in [2.75, 3.05) is 24.3 Å². The van der Waals surface area contributed by atoms with Gasteiger partial charge in [0.1, 0.15) is 0 Å². The van der Waals surface area contributed by atoms with Crippen LogP contribution in [0.1, 0.15) is 30.5 Å². The first kappa shape index (κ1) is 25.5. The number of fused-ring (bicyclic) bond motifs is 1. The number of methoxy groups -OCH3 is 2. The van der Waals surface area contributed by atoms with Crippen molar-refractivity contribution in [2.45, 2.75) is 38.1 Å². The summed E-state index contributed by atoms with van der Waals surface area (Å²) in [6, 6.07) is 9.68. The molecule has 2 aromatic carbocycles. The van der Waals surface area contributed by atoms with Gasteiger partial charge in [0.15, 0.2) is 17.3 Å². The SMILES string of the molecule is COc1cc2c(cc1OC)N(S(=O)(=O)CC(F)(F)F)C(C)CC2N(Cc1ccccc1)C(=O)O. The standard InChI is InChI=1S/C22H25F3N2O6S/c1-14-9-17(26(21(28)29)12-15-7-5-4-6-8-15)16-10-19(32-2)20(33-3)11-18(16)27(14)34(30,31)13-22(23,24)25/h4-8,10-11,14,17H,9,12-13H2,1-3H3,(H,28,29). The van der Waals surface area contributed by atoms with Crippen LogP contribution in [0.25, 0.3) is 0 Å². The topological polar surface area (TPSA) is 96.4 Å². The lowest BCUT2D eigenvalue weighted by atomic mass is 9.91. The summed E-state index contributed by atoms with van der Waals surface area (Å²) in [5.74, 6) is -1.75. The lowest BCUT2D eigenvalue weighted by Crippen LogP contribution is -2.49. The molecule has 1 amide bonds. The second-order valence-corrected chi connectivity index (χ2v) is 9.78. The summed E-state index contributed by atoms with van der Waals surface area (Å²) in [4.78, 5) is 13.4. The Hall–Kier alpha value is -3.15. The van der Waals surface area contributed by atoms with Crippen molar-refractivity contribution in [3.05, 3.63) is 53.6 Å². The van der Waals surface area contributed by atoms with Crippen LogP contribution in [0, 0.1) is 0 Å². The molecule has 1 N–H and O–H groups in total. The van der Waals surface area contributed by atoms with Crippen LogP contribution < -0.4 is 13.8 Å². The molecule has 0 saturated heterocycles. The number of alkyl halides is 3. The number of hydrogen-bond donors (Lipinski definition) is 1. The van der Waals surface area contributed by atoms with E-state index < -0.39 is 40.1 Å². The van der Waals surface area contributed by atoms with Crippen LogP contribution in [0.4, 0.5) is 23.7 Å². The fraction of sp³-hybridized carbons (Fsp3) is 0.409. The molecule has 34 heavy (non-hydrogen) atoms. The number of halogens is 3. The van der Waals surface area contributed by atoms with Crippen molar-refractivity contribution in [1.29, 1.82) is 0 Å². The van der Waals surface area contributed by atoms with Crippen LogP contribution in [-0.2, 0) is 16.6 Å². The van der Waals surface area contributed by atoms with Crippen LogP contribution >= 0.6 is 0 Å². The molecule has 2 aromatic rings. The summed E-state index contributed by atoms with van der Waals surface area (Å²) in [5, 5.41) is 9.99. The number of amides is 1. The highest BCUT2D eigenvalue weighted by Gasteiger charge is 2.45. The van der Waals surface area contributed by atoms with Gasteiger partial charge < -0.3 is 14.6 Å². The molecule has 0 fully saturated rings. The zero-order valence-corrected chi connectivity index (χ0v) is 19.6. The Morgan fingerprint density at radius 2 is 1.74 bits per heavy atom. The fourth-order valence-corrected chi connectivity index (χ4v) is 5.86. The number of benzene rings is 2. The first-order valence-corrected chi connectivity index (χ1v) is 11.9. The van der Waals surface area contributed by atoms with Crippen LogP contribution in [-0.4, -0.2) is 56.7 Å². The molecule has 0 radical (unpaired) electrons. The summed E-state index contributed by atoms with van der Waals surface area (Å²) in [6.07, 6.45) is -6.26. The molecule has 186 valence electrons. The fourth-order valence-electron chi connectivity index (χ4n) is 4.21. The maximum Gasteiger partial charge on any atom is 0.408 e. The van der Waals surface area contributed by atoms with Crippen molar-refractivity contribution in [3.8, 4) is 11.5 Å². The van der Waals surface area contributed by atoms with Crippen LogP contribution in [0.2, 0.25) is 0 Å². The lowest BCUT2D eigenvalue weighted by Gasteiger charge is -2.43. The van der Waals surface area contributed by atoms with E-state index in [1.54, 1.807) is 30.3 Å². The van der Waals surface area contributed by atoms with Gasteiger partial charge in [0, 0.05) is 24.2 Å². The van der Waals surface area contributed by atoms with E-state index in [9.17, 15) is 31.5 Å². The Labute approximate surface area is 195 Å². The van der Waals surface area contributed by atoms with Crippen molar-refractivity contribution in [1.82, 2.24) is 4.90 Å². The first-order valence-electron chi connectivity index (χ1n) is 10.3. The number of carbonyl (C=O) groups is 1. The predicted molar refractivity (Wildman–Crippen MR) is 119 cm³/mol. The highest BCUT2D eigenvalue weighted by molar-refractivity contribution is 7.92. The average Bonchev–Trinajstić information content (AvgIpc) is 2.74. The van der Waals surface area contributed by atoms with Gasteiger partial charge in [0.25, 0.3) is 0 Å². The van der Waals surface area contributed by atoms with Crippen LogP contribution in [0.3, 0.4) is 0 Å². The average molecular weight is 503 g/mol. The van der Waals surface area contributed by atoms with Gasteiger partial charge in [0.2, 0.25) is 10.0 Å². The van der Waals surface area contributed by atoms with E-state index in [4.69, 9.17) is 9.47 Å². The third-order valence-corrected chi connectivity index (χ3v) is 7.41. The monoisotopic (exact) mass is 502 g/mol. The molecule has 3 rings (SSSR count). The summed E-state index contributed by atoms with van der Waals surface area (Å²) in [5.41, 5.74) is 0.830. The van der Waals surface area contributed by atoms with E-state index in [1.807, 2.05) is 0 Å². The minimum Gasteiger partial charge on any atom is -0.493 e. The van der Waals surface area contributed by atoms with Crippen molar-refractivity contribution >= 4 is 21.8 Å².